The van der Waals surface area contributed by atoms with Crippen LogP contribution in [0.25, 0.3) is 16.7 Å². The van der Waals surface area contributed by atoms with Crippen LogP contribution in [0.1, 0.15) is 69.6 Å². The number of amides is 1. The number of hydrogen-bond acceptors (Lipinski definition) is 5. The van der Waals surface area contributed by atoms with E-state index in [1.54, 1.807) is 25.3 Å². The van der Waals surface area contributed by atoms with E-state index in [0.29, 0.717) is 17.2 Å². The Labute approximate surface area is 241 Å². The molecule has 1 heterocycles. The van der Waals surface area contributed by atoms with Gasteiger partial charge in [0.2, 0.25) is 0 Å². The first-order chi connectivity index (χ1) is 19.6. The highest BCUT2D eigenvalue weighted by atomic mass is 19.1. The fourth-order valence-corrected chi connectivity index (χ4v) is 5.99. The van der Waals surface area contributed by atoms with Gasteiger partial charge in [0, 0.05) is 40.6 Å². The van der Waals surface area contributed by atoms with Crippen LogP contribution < -0.4 is 24.8 Å². The summed E-state index contributed by atoms with van der Waals surface area (Å²) in [6, 6.07) is 14.3. The first kappa shape index (κ1) is 28.5. The number of carbonyl (C=O) groups is 1. The lowest BCUT2D eigenvalue weighted by Gasteiger charge is -2.33. The lowest BCUT2D eigenvalue weighted by atomic mass is 9.85. The second-order valence-electron chi connectivity index (χ2n) is 11.6. The zero-order valence-electron chi connectivity index (χ0n) is 24.5. The number of fused-ring (bicyclic) bond motifs is 1. The van der Waals surface area contributed by atoms with E-state index in [2.05, 4.69) is 43.5 Å². The Morgan fingerprint density at radius 3 is 2.51 bits per heavy atom. The van der Waals surface area contributed by atoms with Crippen molar-refractivity contribution in [2.24, 2.45) is 0 Å². The van der Waals surface area contributed by atoms with E-state index in [-0.39, 0.29) is 24.0 Å². The molecule has 0 spiro atoms. The summed E-state index contributed by atoms with van der Waals surface area (Å²) in [7, 11) is 1.60. The Morgan fingerprint density at radius 1 is 1.00 bits per heavy atom. The van der Waals surface area contributed by atoms with Gasteiger partial charge in [0.15, 0.2) is 0 Å². The van der Waals surface area contributed by atoms with E-state index in [0.717, 1.165) is 64.8 Å². The molecule has 1 fully saturated rings. The van der Waals surface area contributed by atoms with E-state index < -0.39 is 6.09 Å². The molecule has 1 amide bonds. The molecule has 1 saturated carbocycles. The third-order valence-electron chi connectivity index (χ3n) is 7.86. The molecule has 1 aliphatic carbocycles. The maximum absolute atomic E-state index is 14.0. The number of hydrogen-bond donors (Lipinski definition) is 2. The highest BCUT2D eigenvalue weighted by molar-refractivity contribution is 5.88. The molecule has 6 nitrogen and oxygen atoms in total. The second-order valence-corrected chi connectivity index (χ2v) is 11.6. The van der Waals surface area contributed by atoms with E-state index in [1.807, 2.05) is 19.1 Å². The molecular weight excluding hydrogens is 519 g/mol. The summed E-state index contributed by atoms with van der Waals surface area (Å²) in [6.07, 6.45) is 7.18. The number of ether oxygens (including phenoxy) is 3. The number of benzene rings is 3. The van der Waals surface area contributed by atoms with Crippen molar-refractivity contribution in [2.45, 2.75) is 78.0 Å². The fraction of sp³-hybridized carbons (Fsp3) is 0.382. The van der Waals surface area contributed by atoms with Gasteiger partial charge >= 0.3 is 6.09 Å². The Bertz CT molecular complexity index is 1470. The largest absolute Gasteiger partial charge is 0.496 e. The van der Waals surface area contributed by atoms with Crippen molar-refractivity contribution in [2.75, 3.05) is 12.4 Å². The zero-order chi connectivity index (χ0) is 29.1. The van der Waals surface area contributed by atoms with Gasteiger partial charge < -0.3 is 24.8 Å². The SMILES string of the molecule is COc1cc(OC(=O)NC2CCCCC2)ccc1-c1ccc2c(c1COc1cc(F)ccc1C)C(C)=CC(C)(C)N2. The minimum atomic E-state index is -0.450. The molecule has 2 aliphatic rings. The maximum Gasteiger partial charge on any atom is 0.412 e. The number of rotatable bonds is 7. The van der Waals surface area contributed by atoms with Crippen molar-refractivity contribution in [3.05, 3.63) is 77.1 Å². The third kappa shape index (κ3) is 6.50. The van der Waals surface area contributed by atoms with E-state index in [1.165, 1.54) is 18.6 Å². The van der Waals surface area contributed by atoms with E-state index in [4.69, 9.17) is 14.2 Å². The van der Waals surface area contributed by atoms with Gasteiger partial charge in [0.1, 0.15) is 29.7 Å². The predicted molar refractivity (Wildman–Crippen MR) is 161 cm³/mol. The maximum atomic E-state index is 14.0. The lowest BCUT2D eigenvalue weighted by Crippen LogP contribution is -2.37. The summed E-state index contributed by atoms with van der Waals surface area (Å²) in [4.78, 5) is 12.6. The van der Waals surface area contributed by atoms with Crippen LogP contribution in [0.4, 0.5) is 14.9 Å². The van der Waals surface area contributed by atoms with Gasteiger partial charge in [-0.15, -0.1) is 0 Å². The first-order valence-corrected chi connectivity index (χ1v) is 14.3. The minimum Gasteiger partial charge on any atom is -0.496 e. The fourth-order valence-electron chi connectivity index (χ4n) is 5.99. The molecule has 0 unspecified atom stereocenters. The molecule has 0 radical (unpaired) electrons. The van der Waals surface area contributed by atoms with Gasteiger partial charge in [0.25, 0.3) is 0 Å². The zero-order valence-corrected chi connectivity index (χ0v) is 24.5. The van der Waals surface area contributed by atoms with Crippen molar-refractivity contribution in [3.63, 3.8) is 0 Å². The summed E-state index contributed by atoms with van der Waals surface area (Å²) < 4.78 is 31.7. The molecule has 0 bridgehead atoms. The molecule has 3 aromatic carbocycles. The van der Waals surface area contributed by atoms with Crippen molar-refractivity contribution in [1.82, 2.24) is 5.32 Å². The normalized spacial score (nSPS) is 16.2. The summed E-state index contributed by atoms with van der Waals surface area (Å²) in [5, 5.41) is 6.60. The Morgan fingerprint density at radius 2 is 1.76 bits per heavy atom. The summed E-state index contributed by atoms with van der Waals surface area (Å²) in [5.41, 5.74) is 6.53. The van der Waals surface area contributed by atoms with Crippen LogP contribution in [0.5, 0.6) is 17.2 Å². The quantitative estimate of drug-likeness (QED) is 0.305. The number of halogens is 1. The standard InChI is InChI=1S/C34H39FN2O4/c1-21-11-12-23(35)17-30(21)40-20-28-26(15-16-29-32(28)22(2)19-34(3,4)37-29)27-14-13-25(18-31(27)39-5)41-33(38)36-24-9-7-6-8-10-24/h11-19,24,37H,6-10,20H2,1-5H3,(H,36,38). The van der Waals surface area contributed by atoms with Crippen LogP contribution in [0.15, 0.2) is 54.6 Å². The number of aryl methyl sites for hydroxylation is 1. The average Bonchev–Trinajstić information content (AvgIpc) is 2.93. The van der Waals surface area contributed by atoms with Gasteiger partial charge in [-0.2, -0.15) is 0 Å². The molecular formula is C34H39FN2O4. The first-order valence-electron chi connectivity index (χ1n) is 14.3. The van der Waals surface area contributed by atoms with Crippen molar-refractivity contribution in [1.29, 1.82) is 0 Å². The number of anilines is 1. The van der Waals surface area contributed by atoms with Gasteiger partial charge in [-0.05, 0) is 81.5 Å². The lowest BCUT2D eigenvalue weighted by molar-refractivity contribution is 0.192. The molecule has 5 rings (SSSR count). The topological polar surface area (TPSA) is 68.8 Å². The van der Waals surface area contributed by atoms with Crippen molar-refractivity contribution < 1.29 is 23.4 Å². The van der Waals surface area contributed by atoms with Crippen LogP contribution in [-0.4, -0.2) is 24.8 Å². The van der Waals surface area contributed by atoms with Crippen LogP contribution in [-0.2, 0) is 6.61 Å². The number of allylic oxidation sites excluding steroid dienone is 1. The van der Waals surface area contributed by atoms with Gasteiger partial charge in [-0.1, -0.05) is 37.5 Å². The van der Waals surface area contributed by atoms with Gasteiger partial charge in [0.05, 0.1) is 12.6 Å². The number of nitrogens with one attached hydrogen (secondary N) is 2. The Hall–Kier alpha value is -4.00. The van der Waals surface area contributed by atoms with E-state index >= 15 is 0 Å². The van der Waals surface area contributed by atoms with Crippen LogP contribution in [0, 0.1) is 12.7 Å². The van der Waals surface area contributed by atoms with Crippen LogP contribution in [0.2, 0.25) is 0 Å². The number of methoxy groups -OCH3 is 1. The van der Waals surface area contributed by atoms with E-state index in [9.17, 15) is 9.18 Å². The summed E-state index contributed by atoms with van der Waals surface area (Å²) >= 11 is 0. The van der Waals surface area contributed by atoms with Gasteiger partial charge in [-0.25, -0.2) is 9.18 Å². The highest BCUT2D eigenvalue weighted by Gasteiger charge is 2.27. The summed E-state index contributed by atoms with van der Waals surface area (Å²) in [5.74, 6) is 1.13. The predicted octanol–water partition coefficient (Wildman–Crippen LogP) is 8.42. The molecule has 0 saturated heterocycles. The second kappa shape index (κ2) is 11.9. The molecule has 1 aliphatic heterocycles. The average molecular weight is 559 g/mol. The summed E-state index contributed by atoms with van der Waals surface area (Å²) in [6.45, 7) is 8.48. The highest BCUT2D eigenvalue weighted by Crippen LogP contribution is 2.43. The Kier molecular flexibility index (Phi) is 8.25. The molecule has 0 atom stereocenters. The number of carbonyl (C=O) groups excluding carboxylic acids is 1. The van der Waals surface area contributed by atoms with Crippen LogP contribution in [0.3, 0.4) is 0 Å². The Balaban J connectivity index is 1.49. The molecule has 2 N–H and O–H groups in total. The molecule has 3 aromatic rings. The molecule has 216 valence electrons. The van der Waals surface area contributed by atoms with Crippen molar-refractivity contribution >= 4 is 17.4 Å². The molecule has 41 heavy (non-hydrogen) atoms. The molecule has 7 heteroatoms. The van der Waals surface area contributed by atoms with Gasteiger partial charge in [-0.3, -0.25) is 0 Å². The molecule has 0 aromatic heterocycles. The third-order valence-corrected chi connectivity index (χ3v) is 7.86. The monoisotopic (exact) mass is 558 g/mol. The smallest absolute Gasteiger partial charge is 0.412 e. The van der Waals surface area contributed by atoms with Crippen molar-refractivity contribution in [3.8, 4) is 28.4 Å². The minimum absolute atomic E-state index is 0.159. The van der Waals surface area contributed by atoms with Crippen LogP contribution >= 0.6 is 0 Å².